The Morgan fingerprint density at radius 3 is 2.88 bits per heavy atom. The molecule has 0 radical (unpaired) electrons. The maximum atomic E-state index is 4.72. The van der Waals surface area contributed by atoms with Crippen molar-refractivity contribution in [2.45, 2.75) is 51.5 Å². The van der Waals surface area contributed by atoms with E-state index in [1.807, 2.05) is 0 Å². The molecular formula is C13H21BrN2. The summed E-state index contributed by atoms with van der Waals surface area (Å²) in [6.07, 6.45) is 9.89. The summed E-state index contributed by atoms with van der Waals surface area (Å²) < 4.78 is 2.20. The molecule has 0 aromatic carbocycles. The highest BCUT2D eigenvalue weighted by molar-refractivity contribution is 9.09. The fourth-order valence-electron chi connectivity index (χ4n) is 2.46. The highest BCUT2D eigenvalue weighted by Gasteiger charge is 2.18. The maximum absolute atomic E-state index is 4.72. The normalized spacial score (nSPS) is 19.1. The Kier molecular flexibility index (Phi) is 4.45. The van der Waals surface area contributed by atoms with Gasteiger partial charge < -0.3 is 0 Å². The lowest BCUT2D eigenvalue weighted by Crippen LogP contribution is -2.08. The van der Waals surface area contributed by atoms with E-state index in [9.17, 15) is 0 Å². The summed E-state index contributed by atoms with van der Waals surface area (Å²) >= 11 is 3.57. The zero-order valence-corrected chi connectivity index (χ0v) is 11.6. The average Bonchev–Trinajstić information content (AvgIpc) is 2.96. The van der Waals surface area contributed by atoms with Crippen molar-refractivity contribution in [1.82, 2.24) is 9.78 Å². The number of hydrogen-bond donors (Lipinski definition) is 0. The van der Waals surface area contributed by atoms with E-state index < -0.39 is 0 Å². The minimum atomic E-state index is 0.679. The van der Waals surface area contributed by atoms with Crippen LogP contribution in [0.1, 0.15) is 50.8 Å². The molecule has 0 spiro atoms. The van der Waals surface area contributed by atoms with Crippen LogP contribution < -0.4 is 0 Å². The van der Waals surface area contributed by atoms with Gasteiger partial charge >= 0.3 is 0 Å². The van der Waals surface area contributed by atoms with Crippen LogP contribution in [0.4, 0.5) is 0 Å². The second-order valence-electron chi connectivity index (χ2n) is 4.86. The molecule has 16 heavy (non-hydrogen) atoms. The lowest BCUT2D eigenvalue weighted by molar-refractivity contribution is 0.457. The third-order valence-corrected chi connectivity index (χ3v) is 4.57. The number of hydrogen-bond acceptors (Lipinski definition) is 1. The monoisotopic (exact) mass is 284 g/mol. The molecule has 2 rings (SSSR count). The average molecular weight is 285 g/mol. The molecule has 0 N–H and O–H groups in total. The van der Waals surface area contributed by atoms with Crippen LogP contribution in [-0.4, -0.2) is 15.1 Å². The van der Waals surface area contributed by atoms with Crippen molar-refractivity contribution in [2.75, 3.05) is 5.33 Å². The van der Waals surface area contributed by atoms with Crippen LogP contribution in [0, 0.1) is 5.92 Å². The summed E-state index contributed by atoms with van der Waals surface area (Å²) in [6, 6.07) is 2.88. The topological polar surface area (TPSA) is 17.8 Å². The molecule has 1 aromatic rings. The largest absolute Gasteiger partial charge is 0.269 e. The Hall–Kier alpha value is -0.310. The van der Waals surface area contributed by atoms with E-state index in [1.165, 1.54) is 37.8 Å². The van der Waals surface area contributed by atoms with Gasteiger partial charge in [0.15, 0.2) is 0 Å². The summed E-state index contributed by atoms with van der Waals surface area (Å²) in [7, 11) is 0. The Morgan fingerprint density at radius 1 is 1.50 bits per heavy atom. The molecule has 90 valence electrons. The number of alkyl halides is 1. The number of nitrogens with zero attached hydrogens (tertiary/aromatic N) is 2. The molecule has 0 aliphatic heterocycles. The van der Waals surface area contributed by atoms with Crippen molar-refractivity contribution in [3.8, 4) is 0 Å². The van der Waals surface area contributed by atoms with Gasteiger partial charge in [0.05, 0.1) is 11.7 Å². The summed E-state index contributed by atoms with van der Waals surface area (Å²) in [5.74, 6) is 0.729. The molecule has 1 aliphatic carbocycles. The quantitative estimate of drug-likeness (QED) is 0.749. The first-order valence-electron chi connectivity index (χ1n) is 6.43. The van der Waals surface area contributed by atoms with Gasteiger partial charge in [-0.15, -0.1) is 0 Å². The number of rotatable bonds is 5. The SMILES string of the molecule is CCC(CBr)Cc1ccn(C2CCCC2)n1. The fraction of sp³-hybridized carbons (Fsp3) is 0.769. The van der Waals surface area contributed by atoms with E-state index in [0.717, 1.165) is 17.7 Å². The van der Waals surface area contributed by atoms with Crippen molar-refractivity contribution in [2.24, 2.45) is 5.92 Å². The molecule has 1 unspecified atom stereocenters. The lowest BCUT2D eigenvalue weighted by Gasteiger charge is -2.10. The highest BCUT2D eigenvalue weighted by Crippen LogP contribution is 2.28. The van der Waals surface area contributed by atoms with Crippen molar-refractivity contribution in [1.29, 1.82) is 0 Å². The first-order chi connectivity index (χ1) is 7.83. The van der Waals surface area contributed by atoms with E-state index in [1.54, 1.807) is 0 Å². The van der Waals surface area contributed by atoms with Crippen molar-refractivity contribution < 1.29 is 0 Å². The van der Waals surface area contributed by atoms with Crippen LogP contribution in [0.25, 0.3) is 0 Å². The zero-order valence-electron chi connectivity index (χ0n) is 10.0. The molecular weight excluding hydrogens is 264 g/mol. The molecule has 0 amide bonds. The third kappa shape index (κ3) is 2.88. The Morgan fingerprint density at radius 2 is 2.25 bits per heavy atom. The second-order valence-corrected chi connectivity index (χ2v) is 5.51. The molecule has 2 nitrogen and oxygen atoms in total. The summed E-state index contributed by atoms with van der Waals surface area (Å²) in [5, 5.41) is 5.81. The van der Waals surface area contributed by atoms with Gasteiger partial charge in [0.1, 0.15) is 0 Å². The van der Waals surface area contributed by atoms with Gasteiger partial charge in [-0.2, -0.15) is 5.10 Å². The molecule has 1 aliphatic rings. The number of halogens is 1. The Labute approximate surface area is 107 Å². The van der Waals surface area contributed by atoms with Crippen LogP contribution >= 0.6 is 15.9 Å². The van der Waals surface area contributed by atoms with Crippen LogP contribution in [-0.2, 0) is 6.42 Å². The molecule has 1 fully saturated rings. The zero-order chi connectivity index (χ0) is 11.4. The van der Waals surface area contributed by atoms with Gasteiger partial charge in [-0.3, -0.25) is 4.68 Å². The fourth-order valence-corrected chi connectivity index (χ4v) is 3.15. The predicted molar refractivity (Wildman–Crippen MR) is 71.0 cm³/mol. The number of aromatic nitrogens is 2. The summed E-state index contributed by atoms with van der Waals surface area (Å²) in [5.41, 5.74) is 1.26. The Balaban J connectivity index is 1.96. The van der Waals surface area contributed by atoms with Crippen LogP contribution in [0.5, 0.6) is 0 Å². The van der Waals surface area contributed by atoms with Crippen molar-refractivity contribution >= 4 is 15.9 Å². The molecule has 1 aromatic heterocycles. The second kappa shape index (κ2) is 5.85. The van der Waals surface area contributed by atoms with E-state index in [4.69, 9.17) is 5.10 Å². The Bertz CT molecular complexity index is 311. The molecule has 3 heteroatoms. The molecule has 1 heterocycles. The molecule has 1 atom stereocenters. The first-order valence-corrected chi connectivity index (χ1v) is 7.55. The van der Waals surface area contributed by atoms with Crippen LogP contribution in [0.3, 0.4) is 0 Å². The van der Waals surface area contributed by atoms with Gasteiger partial charge in [-0.1, -0.05) is 42.1 Å². The minimum absolute atomic E-state index is 0.679. The van der Waals surface area contributed by atoms with Crippen LogP contribution in [0.2, 0.25) is 0 Å². The molecule has 1 saturated carbocycles. The lowest BCUT2D eigenvalue weighted by atomic mass is 10.0. The highest BCUT2D eigenvalue weighted by atomic mass is 79.9. The predicted octanol–water partition coefficient (Wildman–Crippen LogP) is 3.96. The van der Waals surface area contributed by atoms with Gasteiger partial charge in [0, 0.05) is 11.5 Å². The first kappa shape index (κ1) is 12.2. The van der Waals surface area contributed by atoms with Gasteiger partial charge in [-0.25, -0.2) is 0 Å². The molecule has 0 saturated heterocycles. The van der Waals surface area contributed by atoms with E-state index in [-0.39, 0.29) is 0 Å². The maximum Gasteiger partial charge on any atom is 0.0627 e. The van der Waals surface area contributed by atoms with E-state index >= 15 is 0 Å². The van der Waals surface area contributed by atoms with Crippen LogP contribution in [0.15, 0.2) is 12.3 Å². The van der Waals surface area contributed by atoms with Crippen molar-refractivity contribution in [3.63, 3.8) is 0 Å². The van der Waals surface area contributed by atoms with Crippen molar-refractivity contribution in [3.05, 3.63) is 18.0 Å². The van der Waals surface area contributed by atoms with Gasteiger partial charge in [0.25, 0.3) is 0 Å². The minimum Gasteiger partial charge on any atom is -0.269 e. The van der Waals surface area contributed by atoms with Gasteiger partial charge in [-0.05, 0) is 31.2 Å². The van der Waals surface area contributed by atoms with E-state index in [2.05, 4.69) is 39.8 Å². The van der Waals surface area contributed by atoms with Gasteiger partial charge in [0.2, 0.25) is 0 Å². The standard InChI is InChI=1S/C13H21BrN2/c1-2-11(10-14)9-12-7-8-16(15-12)13-5-3-4-6-13/h7-8,11,13H,2-6,9-10H2,1H3. The smallest absolute Gasteiger partial charge is 0.0627 e. The van der Waals surface area contributed by atoms with E-state index in [0.29, 0.717) is 6.04 Å². The summed E-state index contributed by atoms with van der Waals surface area (Å²) in [6.45, 7) is 2.25. The molecule has 0 bridgehead atoms. The summed E-state index contributed by atoms with van der Waals surface area (Å²) in [4.78, 5) is 0. The third-order valence-electron chi connectivity index (χ3n) is 3.66.